The van der Waals surface area contributed by atoms with E-state index < -0.39 is 5.91 Å². The predicted molar refractivity (Wildman–Crippen MR) is 157 cm³/mol. The lowest BCUT2D eigenvalue weighted by Crippen LogP contribution is -2.44. The van der Waals surface area contributed by atoms with E-state index in [-0.39, 0.29) is 10.2 Å². The van der Waals surface area contributed by atoms with Crippen LogP contribution in [0.4, 0.5) is 0 Å². The van der Waals surface area contributed by atoms with E-state index in [1.54, 1.807) is 18.2 Å². The van der Waals surface area contributed by atoms with Gasteiger partial charge in [-0.2, -0.15) is 10.1 Å². The molecule has 4 aromatic rings. The van der Waals surface area contributed by atoms with E-state index in [1.165, 1.54) is 5.56 Å². The van der Waals surface area contributed by atoms with E-state index in [1.807, 2.05) is 60.3 Å². The zero-order valence-corrected chi connectivity index (χ0v) is 23.1. The zero-order chi connectivity index (χ0) is 27.0. The summed E-state index contributed by atoms with van der Waals surface area (Å²) in [6, 6.07) is 21.2. The van der Waals surface area contributed by atoms with Crippen LogP contribution in [0.15, 0.2) is 77.8 Å². The van der Waals surface area contributed by atoms with Gasteiger partial charge in [0.25, 0.3) is 11.8 Å². The maximum Gasteiger partial charge on any atom is 0.285 e. The highest BCUT2D eigenvalue weighted by atomic mass is 32.2. The Bertz CT molecular complexity index is 1580. The van der Waals surface area contributed by atoms with Crippen molar-refractivity contribution in [3.8, 4) is 16.9 Å². The average molecular weight is 539 g/mol. The second kappa shape index (κ2) is 10.4. The number of thiocarbonyl (C=S) groups is 1. The Labute approximate surface area is 231 Å². The Morgan fingerprint density at radius 3 is 2.26 bits per heavy atom. The SMILES string of the molecule is Cc1ccc(C(=O)NN2C(=O)C(=Cc3cn(-c4ccccc4)nc3-c3c(C)cc(C)cc3C)SC2=S)cc1. The number of carbonyl (C=O) groups excluding carboxylic acids is 2. The van der Waals surface area contributed by atoms with Crippen LogP contribution in [0.2, 0.25) is 0 Å². The number of amides is 2. The number of aryl methyl sites for hydroxylation is 4. The molecule has 0 unspecified atom stereocenters. The standard InChI is InChI=1S/C30H26N4O2S2/c1-18-10-12-22(13-11-18)28(35)32-34-29(36)25(38-30(34)37)16-23-17-33(24-8-6-5-7-9-24)31-27(23)26-20(3)14-19(2)15-21(26)4/h5-17H,1-4H3,(H,32,35). The van der Waals surface area contributed by atoms with Crippen LogP contribution in [0.1, 0.15) is 38.2 Å². The highest BCUT2D eigenvalue weighted by Crippen LogP contribution is 2.36. The fourth-order valence-electron chi connectivity index (χ4n) is 4.53. The number of para-hydroxylation sites is 1. The van der Waals surface area contributed by atoms with Crippen molar-refractivity contribution in [1.82, 2.24) is 20.2 Å². The summed E-state index contributed by atoms with van der Waals surface area (Å²) in [5, 5.41) is 6.07. The number of nitrogens with one attached hydrogen (secondary N) is 1. The number of benzene rings is 3. The summed E-state index contributed by atoms with van der Waals surface area (Å²) < 4.78 is 2.08. The van der Waals surface area contributed by atoms with Crippen LogP contribution in [0.3, 0.4) is 0 Å². The van der Waals surface area contributed by atoms with E-state index >= 15 is 0 Å². The molecule has 0 spiro atoms. The molecule has 0 aliphatic carbocycles. The number of rotatable bonds is 5. The minimum atomic E-state index is -0.397. The van der Waals surface area contributed by atoms with Crippen LogP contribution < -0.4 is 5.43 Å². The van der Waals surface area contributed by atoms with Crippen molar-refractivity contribution in [2.24, 2.45) is 0 Å². The lowest BCUT2D eigenvalue weighted by Gasteiger charge is -2.15. The van der Waals surface area contributed by atoms with Gasteiger partial charge in [0.05, 0.1) is 10.6 Å². The smallest absolute Gasteiger partial charge is 0.267 e. The molecular formula is C30H26N4O2S2. The van der Waals surface area contributed by atoms with E-state index in [9.17, 15) is 9.59 Å². The van der Waals surface area contributed by atoms with Crippen molar-refractivity contribution in [2.45, 2.75) is 27.7 Å². The van der Waals surface area contributed by atoms with E-state index in [4.69, 9.17) is 17.3 Å². The van der Waals surface area contributed by atoms with Gasteiger partial charge >= 0.3 is 0 Å². The monoisotopic (exact) mass is 538 g/mol. The quantitative estimate of drug-likeness (QED) is 0.238. The van der Waals surface area contributed by atoms with Crippen LogP contribution in [0, 0.1) is 27.7 Å². The van der Waals surface area contributed by atoms with Gasteiger partial charge in [-0.25, -0.2) is 4.68 Å². The number of thioether (sulfide) groups is 1. The molecule has 3 aromatic carbocycles. The lowest BCUT2D eigenvalue weighted by molar-refractivity contribution is -0.123. The average Bonchev–Trinajstić information content (AvgIpc) is 3.40. The molecule has 1 aliphatic heterocycles. The number of hydrazine groups is 1. The Hall–Kier alpha value is -4.01. The van der Waals surface area contributed by atoms with Gasteiger partial charge in [0.1, 0.15) is 5.69 Å². The number of hydrogen-bond donors (Lipinski definition) is 1. The second-order valence-electron chi connectivity index (χ2n) is 9.31. The van der Waals surface area contributed by atoms with Crippen LogP contribution >= 0.6 is 24.0 Å². The molecule has 1 fully saturated rings. The molecule has 2 amide bonds. The Morgan fingerprint density at radius 1 is 0.947 bits per heavy atom. The first-order valence-corrected chi connectivity index (χ1v) is 13.3. The molecule has 1 N–H and O–H groups in total. The predicted octanol–water partition coefficient (Wildman–Crippen LogP) is 6.32. The highest BCUT2D eigenvalue weighted by molar-refractivity contribution is 8.26. The summed E-state index contributed by atoms with van der Waals surface area (Å²) in [7, 11) is 0. The first-order chi connectivity index (χ1) is 18.2. The van der Waals surface area contributed by atoms with Crippen molar-refractivity contribution in [2.75, 3.05) is 0 Å². The minimum absolute atomic E-state index is 0.265. The minimum Gasteiger partial charge on any atom is -0.267 e. The molecule has 0 radical (unpaired) electrons. The van der Waals surface area contributed by atoms with E-state index in [2.05, 4.69) is 38.3 Å². The van der Waals surface area contributed by atoms with Crippen LogP contribution in [0.5, 0.6) is 0 Å². The van der Waals surface area contributed by atoms with Gasteiger partial charge in [-0.15, -0.1) is 0 Å². The number of nitrogens with zero attached hydrogens (tertiary/aromatic N) is 3. The molecule has 0 saturated carbocycles. The topological polar surface area (TPSA) is 67.2 Å². The summed E-state index contributed by atoms with van der Waals surface area (Å²) in [6.07, 6.45) is 3.72. The van der Waals surface area contributed by atoms with Crippen molar-refractivity contribution in [3.05, 3.63) is 111 Å². The molecule has 2 heterocycles. The summed E-state index contributed by atoms with van der Waals surface area (Å²) >= 11 is 6.61. The van der Waals surface area contributed by atoms with Crippen LogP contribution in [-0.4, -0.2) is 30.9 Å². The Balaban J connectivity index is 1.52. The molecule has 38 heavy (non-hydrogen) atoms. The third-order valence-corrected chi connectivity index (χ3v) is 7.59. The van der Waals surface area contributed by atoms with Gasteiger partial charge in [-0.05, 0) is 81.4 Å². The highest BCUT2D eigenvalue weighted by Gasteiger charge is 2.34. The molecule has 1 aromatic heterocycles. The maximum atomic E-state index is 13.4. The van der Waals surface area contributed by atoms with Gasteiger partial charge in [0.2, 0.25) is 0 Å². The van der Waals surface area contributed by atoms with E-state index in [0.29, 0.717) is 10.5 Å². The van der Waals surface area contributed by atoms with Gasteiger partial charge in [0, 0.05) is 22.9 Å². The second-order valence-corrected chi connectivity index (χ2v) is 11.0. The molecule has 190 valence electrons. The van der Waals surface area contributed by atoms with Crippen LogP contribution in [0.25, 0.3) is 23.0 Å². The maximum absolute atomic E-state index is 13.4. The fraction of sp³-hybridized carbons (Fsp3) is 0.133. The number of carbonyl (C=O) groups is 2. The van der Waals surface area contributed by atoms with Gasteiger partial charge in [0.15, 0.2) is 4.32 Å². The molecule has 8 heteroatoms. The largest absolute Gasteiger partial charge is 0.285 e. The first-order valence-electron chi connectivity index (χ1n) is 12.1. The molecule has 1 aliphatic rings. The third kappa shape index (κ3) is 5.05. The normalized spacial score (nSPS) is 14.4. The third-order valence-electron chi connectivity index (χ3n) is 6.28. The zero-order valence-electron chi connectivity index (χ0n) is 21.5. The summed E-state index contributed by atoms with van der Waals surface area (Å²) in [5.41, 5.74) is 11.0. The molecule has 1 saturated heterocycles. The van der Waals surface area contributed by atoms with Gasteiger partial charge < -0.3 is 0 Å². The van der Waals surface area contributed by atoms with Crippen molar-refractivity contribution >= 4 is 46.2 Å². The summed E-state index contributed by atoms with van der Waals surface area (Å²) in [4.78, 5) is 26.5. The lowest BCUT2D eigenvalue weighted by atomic mass is 9.95. The van der Waals surface area contributed by atoms with Gasteiger partial charge in [-0.1, -0.05) is 65.4 Å². The first kappa shape index (κ1) is 25.6. The fourth-order valence-corrected chi connectivity index (χ4v) is 5.70. The van der Waals surface area contributed by atoms with Crippen molar-refractivity contribution in [3.63, 3.8) is 0 Å². The Kier molecular flexibility index (Phi) is 7.01. The van der Waals surface area contributed by atoms with Crippen molar-refractivity contribution in [1.29, 1.82) is 0 Å². The molecule has 0 atom stereocenters. The Morgan fingerprint density at radius 2 is 1.61 bits per heavy atom. The molecular weight excluding hydrogens is 512 g/mol. The molecule has 5 rings (SSSR count). The van der Waals surface area contributed by atoms with Crippen LogP contribution in [-0.2, 0) is 4.79 Å². The number of hydrogen-bond acceptors (Lipinski definition) is 5. The number of aromatic nitrogens is 2. The van der Waals surface area contributed by atoms with Crippen molar-refractivity contribution < 1.29 is 9.59 Å². The summed E-state index contributed by atoms with van der Waals surface area (Å²) in [5.74, 6) is -0.776. The van der Waals surface area contributed by atoms with E-state index in [0.717, 1.165) is 56.0 Å². The summed E-state index contributed by atoms with van der Waals surface area (Å²) in [6.45, 7) is 8.16. The molecule has 0 bridgehead atoms. The van der Waals surface area contributed by atoms with Gasteiger partial charge in [-0.3, -0.25) is 15.0 Å². The molecule has 6 nitrogen and oxygen atoms in total.